The van der Waals surface area contributed by atoms with Gasteiger partial charge in [0.2, 0.25) is 0 Å². The van der Waals surface area contributed by atoms with E-state index in [0.717, 1.165) is 25.7 Å². The van der Waals surface area contributed by atoms with Crippen LogP contribution in [0.4, 0.5) is 0 Å². The molecule has 4 N–H and O–H groups in total. The minimum Gasteiger partial charge on any atom is -0.456 e. The van der Waals surface area contributed by atoms with Crippen molar-refractivity contribution < 1.29 is 34.7 Å². The maximum atomic E-state index is 11.7. The third-order valence-corrected chi connectivity index (χ3v) is 3.59. The molecule has 1 heterocycles. The predicted octanol–water partition coefficient (Wildman–Crippen LogP) is -0.310. The van der Waals surface area contributed by atoms with Crippen molar-refractivity contribution in [2.24, 2.45) is 0 Å². The van der Waals surface area contributed by atoms with Crippen LogP contribution in [0.2, 0.25) is 0 Å². The van der Waals surface area contributed by atoms with Gasteiger partial charge in [-0.2, -0.15) is 0 Å². The average molecular weight is 306 g/mol. The zero-order valence-electron chi connectivity index (χ0n) is 12.4. The molecule has 0 saturated carbocycles. The number of hydrogen-bond donors (Lipinski definition) is 4. The van der Waals surface area contributed by atoms with Gasteiger partial charge in [-0.05, 0) is 6.42 Å². The van der Waals surface area contributed by atoms with Gasteiger partial charge in [0.15, 0.2) is 12.4 Å². The molecule has 0 spiro atoms. The van der Waals surface area contributed by atoms with Gasteiger partial charge in [-0.3, -0.25) is 4.79 Å². The number of aliphatic hydroxyl groups is 4. The van der Waals surface area contributed by atoms with Crippen LogP contribution in [0, 0.1) is 0 Å². The van der Waals surface area contributed by atoms with E-state index >= 15 is 0 Å². The molecule has 7 nitrogen and oxygen atoms in total. The summed E-state index contributed by atoms with van der Waals surface area (Å²) in [5.74, 6) is -0.541. The monoisotopic (exact) mass is 306 g/mol. The number of unbranched alkanes of at least 4 members (excludes halogenated alkanes) is 4. The van der Waals surface area contributed by atoms with Gasteiger partial charge >= 0.3 is 5.97 Å². The fourth-order valence-corrected chi connectivity index (χ4v) is 2.29. The smallest absolute Gasteiger partial charge is 0.306 e. The van der Waals surface area contributed by atoms with Crippen LogP contribution in [-0.2, 0) is 14.3 Å². The lowest BCUT2D eigenvalue weighted by Crippen LogP contribution is -2.59. The van der Waals surface area contributed by atoms with E-state index in [1.165, 1.54) is 0 Å². The second-order valence-corrected chi connectivity index (χ2v) is 5.35. The molecular formula is C14H26O7. The summed E-state index contributed by atoms with van der Waals surface area (Å²) in [4.78, 5) is 11.7. The summed E-state index contributed by atoms with van der Waals surface area (Å²) in [5.41, 5.74) is 0. The first kappa shape index (κ1) is 18.3. The van der Waals surface area contributed by atoms with Crippen molar-refractivity contribution in [1.29, 1.82) is 0 Å². The Balaban J connectivity index is 2.41. The molecule has 1 aliphatic rings. The summed E-state index contributed by atoms with van der Waals surface area (Å²) in [7, 11) is 0. The Morgan fingerprint density at radius 1 is 1.10 bits per heavy atom. The van der Waals surface area contributed by atoms with Gasteiger partial charge in [-0.1, -0.05) is 32.6 Å². The molecule has 21 heavy (non-hydrogen) atoms. The first-order valence-corrected chi connectivity index (χ1v) is 7.51. The molecule has 0 radical (unpaired) electrons. The number of esters is 1. The van der Waals surface area contributed by atoms with Crippen LogP contribution in [0.15, 0.2) is 0 Å². The van der Waals surface area contributed by atoms with Gasteiger partial charge in [0.25, 0.3) is 0 Å². The molecule has 0 aromatic carbocycles. The fraction of sp³-hybridized carbons (Fsp3) is 0.929. The van der Waals surface area contributed by atoms with Gasteiger partial charge in [0.1, 0.15) is 18.3 Å². The van der Waals surface area contributed by atoms with E-state index < -0.39 is 43.3 Å². The van der Waals surface area contributed by atoms with Crippen molar-refractivity contribution in [2.75, 3.05) is 6.61 Å². The third-order valence-electron chi connectivity index (χ3n) is 3.59. The summed E-state index contributed by atoms with van der Waals surface area (Å²) in [5, 5.41) is 38.1. The van der Waals surface area contributed by atoms with Crippen molar-refractivity contribution in [3.63, 3.8) is 0 Å². The Bertz CT molecular complexity index is 310. The first-order valence-electron chi connectivity index (χ1n) is 7.51. The van der Waals surface area contributed by atoms with Gasteiger partial charge in [0.05, 0.1) is 6.61 Å². The number of ether oxygens (including phenoxy) is 2. The highest BCUT2D eigenvalue weighted by atomic mass is 16.7. The minimum absolute atomic E-state index is 0.195. The SMILES string of the molecule is CCCCCCCC(=O)O[C@@H]1[C@@H](O)[C@@H](O)O[C@H](CO)[C@H]1O. The highest BCUT2D eigenvalue weighted by Gasteiger charge is 2.45. The zero-order valence-corrected chi connectivity index (χ0v) is 12.4. The van der Waals surface area contributed by atoms with E-state index in [9.17, 15) is 20.1 Å². The highest BCUT2D eigenvalue weighted by molar-refractivity contribution is 5.69. The molecule has 0 bridgehead atoms. The van der Waals surface area contributed by atoms with Crippen LogP contribution in [0.1, 0.15) is 45.4 Å². The zero-order chi connectivity index (χ0) is 15.8. The first-order chi connectivity index (χ1) is 10.0. The number of hydrogen-bond acceptors (Lipinski definition) is 7. The molecule has 124 valence electrons. The third kappa shape index (κ3) is 5.52. The molecule has 1 saturated heterocycles. The van der Waals surface area contributed by atoms with E-state index in [0.29, 0.717) is 6.42 Å². The van der Waals surface area contributed by atoms with Crippen molar-refractivity contribution >= 4 is 5.97 Å². The number of carbonyl (C=O) groups excluding carboxylic acids is 1. The van der Waals surface area contributed by atoms with Gasteiger partial charge in [0, 0.05) is 6.42 Å². The fourth-order valence-electron chi connectivity index (χ4n) is 2.29. The topological polar surface area (TPSA) is 116 Å². The molecule has 1 rings (SSSR count). The Labute approximate surface area is 124 Å². The van der Waals surface area contributed by atoms with Crippen LogP contribution < -0.4 is 0 Å². The van der Waals surface area contributed by atoms with Gasteiger partial charge in [-0.25, -0.2) is 0 Å². The summed E-state index contributed by atoms with van der Waals surface area (Å²) in [6.07, 6.45) is -1.82. The molecule has 0 amide bonds. The van der Waals surface area contributed by atoms with E-state index in [1.54, 1.807) is 0 Å². The molecule has 1 aliphatic heterocycles. The van der Waals surface area contributed by atoms with Crippen molar-refractivity contribution in [1.82, 2.24) is 0 Å². The predicted molar refractivity (Wildman–Crippen MR) is 73.2 cm³/mol. The van der Waals surface area contributed by atoms with Crippen molar-refractivity contribution in [2.45, 2.75) is 76.2 Å². The van der Waals surface area contributed by atoms with Crippen molar-refractivity contribution in [3.05, 3.63) is 0 Å². The molecule has 0 aromatic heterocycles. The van der Waals surface area contributed by atoms with Gasteiger partial charge in [-0.15, -0.1) is 0 Å². The minimum atomic E-state index is -1.60. The Hall–Kier alpha value is -0.730. The van der Waals surface area contributed by atoms with Crippen LogP contribution in [0.5, 0.6) is 0 Å². The quantitative estimate of drug-likeness (QED) is 0.359. The lowest BCUT2D eigenvalue weighted by Gasteiger charge is -2.39. The summed E-state index contributed by atoms with van der Waals surface area (Å²) < 4.78 is 9.85. The van der Waals surface area contributed by atoms with E-state index in [-0.39, 0.29) is 6.42 Å². The molecule has 0 aliphatic carbocycles. The number of carbonyl (C=O) groups is 1. The molecule has 0 aromatic rings. The second kappa shape index (κ2) is 9.32. The maximum Gasteiger partial charge on any atom is 0.306 e. The lowest BCUT2D eigenvalue weighted by molar-refractivity contribution is -0.289. The number of aliphatic hydroxyl groups excluding tert-OH is 4. The molecule has 1 fully saturated rings. The molecule has 7 heteroatoms. The summed E-state index contributed by atoms with van der Waals surface area (Å²) in [6.45, 7) is 1.56. The lowest BCUT2D eigenvalue weighted by atomic mass is 9.99. The van der Waals surface area contributed by atoms with E-state index in [2.05, 4.69) is 6.92 Å². The van der Waals surface area contributed by atoms with Crippen molar-refractivity contribution in [3.8, 4) is 0 Å². The summed E-state index contributed by atoms with van der Waals surface area (Å²) >= 11 is 0. The molecule has 0 unspecified atom stereocenters. The second-order valence-electron chi connectivity index (χ2n) is 5.35. The maximum absolute atomic E-state index is 11.7. The Morgan fingerprint density at radius 3 is 2.38 bits per heavy atom. The van der Waals surface area contributed by atoms with Crippen LogP contribution >= 0.6 is 0 Å². The normalized spacial score (nSPS) is 32.9. The summed E-state index contributed by atoms with van der Waals surface area (Å²) in [6, 6.07) is 0. The highest BCUT2D eigenvalue weighted by Crippen LogP contribution is 2.23. The van der Waals surface area contributed by atoms with E-state index in [4.69, 9.17) is 14.6 Å². The van der Waals surface area contributed by atoms with Crippen LogP contribution in [0.25, 0.3) is 0 Å². The molecular weight excluding hydrogens is 280 g/mol. The van der Waals surface area contributed by atoms with E-state index in [1.807, 2.05) is 0 Å². The largest absolute Gasteiger partial charge is 0.456 e. The van der Waals surface area contributed by atoms with Crippen LogP contribution in [0.3, 0.4) is 0 Å². The number of rotatable bonds is 8. The Morgan fingerprint density at radius 2 is 1.76 bits per heavy atom. The van der Waals surface area contributed by atoms with Crippen LogP contribution in [-0.4, -0.2) is 63.7 Å². The Kier molecular flexibility index (Phi) is 8.13. The van der Waals surface area contributed by atoms with Gasteiger partial charge < -0.3 is 29.9 Å². The average Bonchev–Trinajstić information content (AvgIpc) is 2.47. The standard InChI is InChI=1S/C14H26O7/c1-2-3-4-5-6-7-10(16)21-13-11(17)9(8-15)20-14(19)12(13)18/h9,11-15,17-19H,2-8H2,1H3/t9-,11-,12-,13+,14+/m1/s1. The molecule has 5 atom stereocenters.